The van der Waals surface area contributed by atoms with Crippen LogP contribution in [0.5, 0.6) is 34.5 Å². The van der Waals surface area contributed by atoms with Gasteiger partial charge in [0.25, 0.3) is 0 Å². The van der Waals surface area contributed by atoms with Crippen molar-refractivity contribution in [2.45, 2.75) is 26.7 Å². The van der Waals surface area contributed by atoms with Crippen molar-refractivity contribution in [1.29, 1.82) is 0 Å². The van der Waals surface area contributed by atoms with Gasteiger partial charge in [0.15, 0.2) is 23.0 Å². The fourth-order valence-electron chi connectivity index (χ4n) is 3.39. The molecule has 0 radical (unpaired) electrons. The first-order valence-electron chi connectivity index (χ1n) is 9.65. The molecule has 6 nitrogen and oxygen atoms in total. The zero-order valence-corrected chi connectivity index (χ0v) is 19.2. The predicted octanol–water partition coefficient (Wildman–Crippen LogP) is 4.86. The predicted molar refractivity (Wildman–Crippen MR) is 118 cm³/mol. The minimum absolute atomic E-state index is 0.597. The molecule has 0 bridgehead atoms. The van der Waals surface area contributed by atoms with Crippen molar-refractivity contribution < 1.29 is 28.4 Å². The summed E-state index contributed by atoms with van der Waals surface area (Å²) < 4.78 is 32.7. The third kappa shape index (κ3) is 5.12. The van der Waals surface area contributed by atoms with Crippen LogP contribution in [0.1, 0.15) is 25.0 Å². The van der Waals surface area contributed by atoms with Crippen LogP contribution in [-0.2, 0) is 12.8 Å². The van der Waals surface area contributed by atoms with Crippen LogP contribution in [0.25, 0.3) is 0 Å². The molecule has 0 spiro atoms. The number of methoxy groups -OCH3 is 6. The Morgan fingerprint density at radius 3 is 0.967 bits per heavy atom. The van der Waals surface area contributed by atoms with E-state index in [4.69, 9.17) is 28.4 Å². The molecule has 0 unspecified atom stereocenters. The summed E-state index contributed by atoms with van der Waals surface area (Å²) in [6.07, 6.45) is 1.54. The van der Waals surface area contributed by atoms with E-state index in [0.29, 0.717) is 34.5 Å². The van der Waals surface area contributed by atoms with E-state index < -0.39 is 0 Å². The lowest BCUT2D eigenvalue weighted by Gasteiger charge is -2.16. The van der Waals surface area contributed by atoms with E-state index in [2.05, 4.69) is 13.8 Å². The Hall–Kier alpha value is -3.02. The van der Waals surface area contributed by atoms with Crippen LogP contribution in [-0.4, -0.2) is 42.7 Å². The van der Waals surface area contributed by atoms with Crippen LogP contribution < -0.4 is 28.4 Å². The Bertz CT molecular complexity index is 777. The molecule has 0 atom stereocenters. The molecule has 6 heteroatoms. The molecule has 0 aliphatic heterocycles. The third-order valence-corrected chi connectivity index (χ3v) is 5.12. The van der Waals surface area contributed by atoms with Crippen LogP contribution in [0.2, 0.25) is 0 Å². The van der Waals surface area contributed by atoms with Crippen molar-refractivity contribution in [3.8, 4) is 34.5 Å². The van der Waals surface area contributed by atoms with Gasteiger partial charge < -0.3 is 28.4 Å². The van der Waals surface area contributed by atoms with E-state index in [9.17, 15) is 0 Å². The topological polar surface area (TPSA) is 55.4 Å². The highest BCUT2D eigenvalue weighted by atomic mass is 16.5. The van der Waals surface area contributed by atoms with Gasteiger partial charge in [0.1, 0.15) is 0 Å². The summed E-state index contributed by atoms with van der Waals surface area (Å²) in [6.45, 7) is 4.27. The number of ether oxygens (including phenoxy) is 6. The summed E-state index contributed by atoms with van der Waals surface area (Å²) in [5, 5.41) is 0. The molecule has 0 aromatic heterocycles. The molecule has 0 N–H and O–H groups in total. The molecule has 0 fully saturated rings. The average molecular weight is 417 g/mol. The van der Waals surface area contributed by atoms with Crippen molar-refractivity contribution in [3.63, 3.8) is 0 Å². The summed E-state index contributed by atoms with van der Waals surface area (Å²) in [5.41, 5.74) is 4.70. The number of allylic oxidation sites excluding steroid dienone is 2. The molecular weight excluding hydrogens is 384 g/mol. The molecule has 0 aliphatic rings. The first kappa shape index (κ1) is 23.3. The summed E-state index contributed by atoms with van der Waals surface area (Å²) in [4.78, 5) is 0. The van der Waals surface area contributed by atoms with Gasteiger partial charge in [0.2, 0.25) is 11.5 Å². The van der Waals surface area contributed by atoms with Crippen LogP contribution in [0, 0.1) is 0 Å². The molecule has 2 aromatic rings. The van der Waals surface area contributed by atoms with Crippen LogP contribution in [0.4, 0.5) is 0 Å². The summed E-state index contributed by atoms with van der Waals surface area (Å²) >= 11 is 0. The fraction of sp³-hybridized carbons (Fsp3) is 0.417. The minimum Gasteiger partial charge on any atom is -0.493 e. The van der Waals surface area contributed by atoms with E-state index in [-0.39, 0.29) is 0 Å². The Labute approximate surface area is 179 Å². The smallest absolute Gasteiger partial charge is 0.203 e. The normalized spacial score (nSPS) is 11.5. The average Bonchev–Trinajstić information content (AvgIpc) is 2.77. The number of hydrogen-bond donors (Lipinski definition) is 0. The Morgan fingerprint density at radius 2 is 0.767 bits per heavy atom. The van der Waals surface area contributed by atoms with Gasteiger partial charge in [-0.3, -0.25) is 0 Å². The van der Waals surface area contributed by atoms with Crippen molar-refractivity contribution in [2.24, 2.45) is 0 Å². The lowest BCUT2D eigenvalue weighted by atomic mass is 9.96. The molecule has 30 heavy (non-hydrogen) atoms. The minimum atomic E-state index is 0.597. The molecule has 0 amide bonds. The summed E-state index contributed by atoms with van der Waals surface area (Å²) in [7, 11) is 9.71. The Kier molecular flexibility index (Phi) is 8.27. The van der Waals surface area contributed by atoms with Gasteiger partial charge >= 0.3 is 0 Å². The zero-order valence-electron chi connectivity index (χ0n) is 19.2. The highest BCUT2D eigenvalue weighted by Crippen LogP contribution is 2.40. The van der Waals surface area contributed by atoms with Gasteiger partial charge in [-0.1, -0.05) is 11.1 Å². The molecule has 2 rings (SSSR count). The monoisotopic (exact) mass is 416 g/mol. The molecule has 0 heterocycles. The first-order valence-corrected chi connectivity index (χ1v) is 9.65. The van der Waals surface area contributed by atoms with E-state index in [1.807, 2.05) is 24.3 Å². The lowest BCUT2D eigenvalue weighted by molar-refractivity contribution is 0.324. The van der Waals surface area contributed by atoms with Crippen LogP contribution in [0.15, 0.2) is 35.4 Å². The molecule has 0 saturated heterocycles. The van der Waals surface area contributed by atoms with Crippen LogP contribution in [0.3, 0.4) is 0 Å². The number of hydrogen-bond acceptors (Lipinski definition) is 6. The third-order valence-electron chi connectivity index (χ3n) is 5.12. The molecule has 2 aromatic carbocycles. The quantitative estimate of drug-likeness (QED) is 0.516. The van der Waals surface area contributed by atoms with Gasteiger partial charge in [-0.15, -0.1) is 0 Å². The van der Waals surface area contributed by atoms with Gasteiger partial charge in [-0.2, -0.15) is 0 Å². The lowest BCUT2D eigenvalue weighted by Crippen LogP contribution is -2.00. The molecule has 164 valence electrons. The van der Waals surface area contributed by atoms with E-state index >= 15 is 0 Å². The van der Waals surface area contributed by atoms with Gasteiger partial charge in [-0.25, -0.2) is 0 Å². The molecular formula is C24H32O6. The largest absolute Gasteiger partial charge is 0.493 e. The maximum atomic E-state index is 5.47. The second-order valence-electron chi connectivity index (χ2n) is 6.98. The van der Waals surface area contributed by atoms with Crippen molar-refractivity contribution >= 4 is 0 Å². The van der Waals surface area contributed by atoms with E-state index in [1.165, 1.54) is 11.1 Å². The highest BCUT2D eigenvalue weighted by Gasteiger charge is 2.15. The van der Waals surface area contributed by atoms with Crippen molar-refractivity contribution in [2.75, 3.05) is 42.7 Å². The molecule has 0 aliphatic carbocycles. The SMILES string of the molecule is COc1cc(C/C(C)=C(/C)Cc2cc(OC)c(OC)c(OC)c2)cc(OC)c1OC. The standard InChI is InChI=1S/C24H32O6/c1-15(9-17-11-19(25-3)23(29-7)20(12-17)26-4)16(2)10-18-13-21(27-5)24(30-8)22(14-18)28-6/h11-14H,9-10H2,1-8H3/b16-15-. The zero-order chi connectivity index (χ0) is 22.3. The van der Waals surface area contributed by atoms with Crippen molar-refractivity contribution in [1.82, 2.24) is 0 Å². The maximum absolute atomic E-state index is 5.47. The van der Waals surface area contributed by atoms with Gasteiger partial charge in [0, 0.05) is 0 Å². The summed E-state index contributed by atoms with van der Waals surface area (Å²) in [6, 6.07) is 7.93. The van der Waals surface area contributed by atoms with Crippen LogP contribution >= 0.6 is 0 Å². The second kappa shape index (κ2) is 10.7. The first-order chi connectivity index (χ1) is 14.4. The van der Waals surface area contributed by atoms with Gasteiger partial charge in [0.05, 0.1) is 42.7 Å². The Balaban J connectivity index is 2.32. The maximum Gasteiger partial charge on any atom is 0.203 e. The van der Waals surface area contributed by atoms with Crippen molar-refractivity contribution in [3.05, 3.63) is 46.5 Å². The number of rotatable bonds is 10. The summed E-state index contributed by atoms with van der Waals surface area (Å²) in [5.74, 6) is 3.81. The second-order valence-corrected chi connectivity index (χ2v) is 6.98. The Morgan fingerprint density at radius 1 is 0.500 bits per heavy atom. The van der Waals surface area contributed by atoms with Gasteiger partial charge in [-0.05, 0) is 62.1 Å². The fourth-order valence-corrected chi connectivity index (χ4v) is 3.39. The number of benzene rings is 2. The van der Waals surface area contributed by atoms with E-state index in [0.717, 1.165) is 24.0 Å². The highest BCUT2D eigenvalue weighted by molar-refractivity contribution is 5.55. The molecule has 0 saturated carbocycles. The van der Waals surface area contributed by atoms with E-state index in [1.54, 1.807) is 42.7 Å².